The number of benzene rings is 3. The van der Waals surface area contributed by atoms with Crippen molar-refractivity contribution in [3.05, 3.63) is 121 Å². The summed E-state index contributed by atoms with van der Waals surface area (Å²) >= 11 is 5.90. The highest BCUT2D eigenvalue weighted by atomic mass is 32.1. The summed E-state index contributed by atoms with van der Waals surface area (Å²) in [6.07, 6.45) is 3.93. The van der Waals surface area contributed by atoms with Gasteiger partial charge in [0.2, 0.25) is 0 Å². The normalized spacial score (nSPS) is 17.5. The second-order valence-corrected chi connectivity index (χ2v) is 8.89. The predicted octanol–water partition coefficient (Wildman–Crippen LogP) is 6.21. The van der Waals surface area contributed by atoms with E-state index in [1.807, 2.05) is 48.7 Å². The van der Waals surface area contributed by atoms with Gasteiger partial charge in [-0.3, -0.25) is 4.98 Å². The van der Waals surface area contributed by atoms with Crippen LogP contribution in [0.15, 0.2) is 109 Å². The molecule has 1 aliphatic rings. The number of rotatable bonds is 5. The summed E-state index contributed by atoms with van der Waals surface area (Å²) < 4.78 is 7.97. The molecule has 5 nitrogen and oxygen atoms in total. The third kappa shape index (κ3) is 3.72. The Morgan fingerprint density at radius 3 is 2.49 bits per heavy atom. The molecule has 1 fully saturated rings. The van der Waals surface area contributed by atoms with Crippen LogP contribution in [0.2, 0.25) is 0 Å². The SMILES string of the molecule is COc1ccccc1N1C(=S)N[C@H](c2ccccn2)[C@@H]1c1cccn1-c1ccc2ccccc2c1. The number of para-hydroxylation sites is 2. The first kappa shape index (κ1) is 21.4. The molecule has 0 radical (unpaired) electrons. The minimum Gasteiger partial charge on any atom is -0.495 e. The summed E-state index contributed by atoms with van der Waals surface area (Å²) in [7, 11) is 1.69. The highest BCUT2D eigenvalue weighted by Gasteiger charge is 2.43. The van der Waals surface area contributed by atoms with Crippen molar-refractivity contribution in [2.75, 3.05) is 12.0 Å². The van der Waals surface area contributed by atoms with Crippen LogP contribution in [-0.4, -0.2) is 21.8 Å². The van der Waals surface area contributed by atoms with Gasteiger partial charge in [0.25, 0.3) is 0 Å². The fourth-order valence-electron chi connectivity index (χ4n) is 4.94. The molecule has 0 saturated carbocycles. The molecule has 0 aliphatic carbocycles. The molecule has 2 atom stereocenters. The van der Waals surface area contributed by atoms with E-state index >= 15 is 0 Å². The average molecular weight is 477 g/mol. The van der Waals surface area contributed by atoms with E-state index in [4.69, 9.17) is 17.0 Å². The van der Waals surface area contributed by atoms with Crippen molar-refractivity contribution < 1.29 is 4.74 Å². The number of hydrogen-bond acceptors (Lipinski definition) is 3. The molecule has 6 heteroatoms. The van der Waals surface area contributed by atoms with Crippen molar-refractivity contribution in [2.45, 2.75) is 12.1 Å². The number of fused-ring (bicyclic) bond motifs is 1. The van der Waals surface area contributed by atoms with E-state index in [-0.39, 0.29) is 12.1 Å². The number of methoxy groups -OCH3 is 1. The van der Waals surface area contributed by atoms with Crippen LogP contribution in [0.1, 0.15) is 23.5 Å². The summed E-state index contributed by atoms with van der Waals surface area (Å²) in [6, 6.07) is 32.9. The van der Waals surface area contributed by atoms with Crippen molar-refractivity contribution in [1.29, 1.82) is 0 Å². The molecule has 0 spiro atoms. The molecule has 0 amide bonds. The first-order valence-corrected chi connectivity index (χ1v) is 12.0. The third-order valence-corrected chi connectivity index (χ3v) is 6.85. The number of aromatic nitrogens is 2. The highest BCUT2D eigenvalue weighted by molar-refractivity contribution is 7.80. The van der Waals surface area contributed by atoms with Crippen LogP contribution >= 0.6 is 12.2 Å². The van der Waals surface area contributed by atoms with Gasteiger partial charge in [-0.25, -0.2) is 0 Å². The minimum atomic E-state index is -0.143. The van der Waals surface area contributed by atoms with Gasteiger partial charge in [0.1, 0.15) is 11.8 Å². The van der Waals surface area contributed by atoms with Crippen LogP contribution in [0.25, 0.3) is 16.5 Å². The zero-order valence-corrected chi connectivity index (χ0v) is 20.0. The van der Waals surface area contributed by atoms with Crippen molar-refractivity contribution in [3.63, 3.8) is 0 Å². The van der Waals surface area contributed by atoms with E-state index in [1.54, 1.807) is 7.11 Å². The fourth-order valence-corrected chi connectivity index (χ4v) is 5.28. The lowest BCUT2D eigenvalue weighted by Crippen LogP contribution is -2.30. The van der Waals surface area contributed by atoms with Gasteiger partial charge in [-0.05, 0) is 71.5 Å². The second-order valence-electron chi connectivity index (χ2n) is 8.50. The van der Waals surface area contributed by atoms with Gasteiger partial charge in [-0.2, -0.15) is 0 Å². The molecule has 6 rings (SSSR count). The number of hydrogen-bond donors (Lipinski definition) is 1. The topological polar surface area (TPSA) is 42.3 Å². The summed E-state index contributed by atoms with van der Waals surface area (Å²) in [6.45, 7) is 0. The predicted molar refractivity (Wildman–Crippen MR) is 144 cm³/mol. The standard InChI is InChI=1S/C29H24N4OS/c1-34-26-14-5-4-12-24(26)33-28(27(31-29(33)35)23-11-6-7-17-30-23)25-13-8-18-32(25)22-16-15-20-9-2-3-10-21(20)19-22/h2-19,27-28H,1H3,(H,31,35)/t27-,28+/m1/s1. The van der Waals surface area contributed by atoms with Crippen LogP contribution in [-0.2, 0) is 0 Å². The summed E-state index contributed by atoms with van der Waals surface area (Å²) in [5.41, 5.74) is 4.06. The minimum absolute atomic E-state index is 0.136. The Morgan fingerprint density at radius 1 is 0.857 bits per heavy atom. The molecular formula is C29H24N4OS. The summed E-state index contributed by atoms with van der Waals surface area (Å²) in [5, 5.41) is 6.60. The molecule has 172 valence electrons. The van der Waals surface area contributed by atoms with Gasteiger partial charge in [-0.1, -0.05) is 48.5 Å². The molecule has 1 saturated heterocycles. The van der Waals surface area contributed by atoms with E-state index in [1.165, 1.54) is 10.8 Å². The lowest BCUT2D eigenvalue weighted by molar-refractivity contribution is 0.414. The largest absolute Gasteiger partial charge is 0.495 e. The number of pyridine rings is 1. The molecule has 3 heterocycles. The number of nitrogens with zero attached hydrogens (tertiary/aromatic N) is 3. The Kier molecular flexibility index (Phi) is 5.43. The molecule has 1 N–H and O–H groups in total. The Labute approximate surface area is 209 Å². The van der Waals surface area contributed by atoms with Gasteiger partial charge in [-0.15, -0.1) is 0 Å². The van der Waals surface area contributed by atoms with Crippen molar-refractivity contribution in [2.24, 2.45) is 0 Å². The van der Waals surface area contributed by atoms with E-state index in [0.717, 1.165) is 28.5 Å². The van der Waals surface area contributed by atoms with Gasteiger partial charge in [0, 0.05) is 23.8 Å². The maximum Gasteiger partial charge on any atom is 0.174 e. The average Bonchev–Trinajstić information content (AvgIpc) is 3.53. The molecular weight excluding hydrogens is 452 g/mol. The van der Waals surface area contributed by atoms with Crippen molar-refractivity contribution >= 4 is 33.8 Å². The molecule has 5 aromatic rings. The van der Waals surface area contributed by atoms with E-state index < -0.39 is 0 Å². The van der Waals surface area contributed by atoms with E-state index in [0.29, 0.717) is 5.11 Å². The van der Waals surface area contributed by atoms with Crippen molar-refractivity contribution in [1.82, 2.24) is 14.9 Å². The molecule has 3 aromatic carbocycles. The molecule has 1 aliphatic heterocycles. The third-order valence-electron chi connectivity index (χ3n) is 6.54. The zero-order valence-electron chi connectivity index (χ0n) is 19.2. The maximum atomic E-state index is 5.90. The summed E-state index contributed by atoms with van der Waals surface area (Å²) in [5.74, 6) is 0.770. The van der Waals surface area contributed by atoms with Gasteiger partial charge in [0.15, 0.2) is 5.11 Å². The van der Waals surface area contributed by atoms with Crippen LogP contribution in [0.4, 0.5) is 5.69 Å². The van der Waals surface area contributed by atoms with E-state index in [2.05, 4.69) is 80.6 Å². The molecule has 35 heavy (non-hydrogen) atoms. The lowest BCUT2D eigenvalue weighted by atomic mass is 10.0. The highest BCUT2D eigenvalue weighted by Crippen LogP contribution is 2.44. The van der Waals surface area contributed by atoms with E-state index in [9.17, 15) is 0 Å². The van der Waals surface area contributed by atoms with Crippen LogP contribution in [0, 0.1) is 0 Å². The van der Waals surface area contributed by atoms with Crippen LogP contribution in [0.5, 0.6) is 5.75 Å². The van der Waals surface area contributed by atoms with Gasteiger partial charge >= 0.3 is 0 Å². The fraction of sp³-hybridized carbons (Fsp3) is 0.103. The lowest BCUT2D eigenvalue weighted by Gasteiger charge is -2.30. The first-order chi connectivity index (χ1) is 17.2. The second kappa shape index (κ2) is 8.89. The quantitative estimate of drug-likeness (QED) is 0.306. The van der Waals surface area contributed by atoms with Gasteiger partial charge < -0.3 is 19.5 Å². The van der Waals surface area contributed by atoms with Crippen molar-refractivity contribution in [3.8, 4) is 11.4 Å². The summed E-state index contributed by atoms with van der Waals surface area (Å²) in [4.78, 5) is 6.83. The molecule has 0 unspecified atom stereocenters. The monoisotopic (exact) mass is 476 g/mol. The van der Waals surface area contributed by atoms with Crippen LogP contribution in [0.3, 0.4) is 0 Å². The Balaban J connectivity index is 1.53. The Hall–Kier alpha value is -4.16. The number of nitrogens with one attached hydrogen (secondary N) is 1. The van der Waals surface area contributed by atoms with Gasteiger partial charge in [0.05, 0.1) is 24.5 Å². The molecule has 0 bridgehead atoms. The number of ether oxygens (including phenoxy) is 1. The molecule has 2 aromatic heterocycles. The maximum absolute atomic E-state index is 5.90. The smallest absolute Gasteiger partial charge is 0.174 e. The van der Waals surface area contributed by atoms with Crippen LogP contribution < -0.4 is 15.0 Å². The number of anilines is 1. The first-order valence-electron chi connectivity index (χ1n) is 11.5. The Bertz CT molecular complexity index is 1510. The Morgan fingerprint density at radius 2 is 1.66 bits per heavy atom. The zero-order chi connectivity index (χ0) is 23.8. The number of thiocarbonyl (C=S) groups is 1.